The fourth-order valence-corrected chi connectivity index (χ4v) is 3.90. The second-order valence-electron chi connectivity index (χ2n) is 5.39. The lowest BCUT2D eigenvalue weighted by Gasteiger charge is -2.32. The Bertz CT molecular complexity index is 640. The van der Waals surface area contributed by atoms with Crippen LogP contribution in [0, 0.1) is 11.3 Å². The number of nitriles is 1. The van der Waals surface area contributed by atoms with Crippen LogP contribution in [-0.2, 0) is 14.8 Å². The number of likely N-dealkylation sites (tertiary alicyclic amines) is 1. The molecule has 22 heavy (non-hydrogen) atoms. The van der Waals surface area contributed by atoms with E-state index in [-0.39, 0.29) is 10.9 Å². The van der Waals surface area contributed by atoms with Gasteiger partial charge in [-0.2, -0.15) is 5.26 Å². The minimum absolute atomic E-state index is 0.110. The molecule has 0 aliphatic carbocycles. The van der Waals surface area contributed by atoms with Gasteiger partial charge >= 0.3 is 0 Å². The van der Waals surface area contributed by atoms with Gasteiger partial charge in [-0.15, -0.1) is 0 Å². The molecular formula is C15H21N3O3S. The van der Waals surface area contributed by atoms with Crippen molar-refractivity contribution in [3.8, 4) is 6.07 Å². The molecule has 6 nitrogen and oxygen atoms in total. The van der Waals surface area contributed by atoms with Crippen LogP contribution in [0.2, 0.25) is 0 Å². The molecule has 0 bridgehead atoms. The molecule has 0 saturated carbocycles. The second kappa shape index (κ2) is 7.70. The standard InChI is InChI=1S/C15H21N3O3S/c1-21-9-8-18-7-3-5-14(12-18)17-22(19,20)15-6-2-4-13(10-15)11-16/h2,4,6,10,14,17H,3,5,7-9,12H2,1H3/t14-/m1/s1. The lowest BCUT2D eigenvalue weighted by atomic mass is 10.1. The summed E-state index contributed by atoms with van der Waals surface area (Å²) >= 11 is 0. The first-order valence-electron chi connectivity index (χ1n) is 7.29. The predicted octanol–water partition coefficient (Wildman–Crippen LogP) is 0.947. The lowest BCUT2D eigenvalue weighted by molar-refractivity contribution is 0.126. The quantitative estimate of drug-likeness (QED) is 0.843. The largest absolute Gasteiger partial charge is 0.383 e. The average molecular weight is 323 g/mol. The minimum Gasteiger partial charge on any atom is -0.383 e. The maximum Gasteiger partial charge on any atom is 0.240 e. The van der Waals surface area contributed by atoms with Gasteiger partial charge in [0.2, 0.25) is 10.0 Å². The Morgan fingerprint density at radius 1 is 1.50 bits per heavy atom. The predicted molar refractivity (Wildman–Crippen MR) is 82.8 cm³/mol. The number of benzene rings is 1. The number of rotatable bonds is 6. The molecule has 1 aromatic carbocycles. The highest BCUT2D eigenvalue weighted by Crippen LogP contribution is 2.15. The van der Waals surface area contributed by atoms with Gasteiger partial charge in [-0.3, -0.25) is 4.90 Å². The minimum atomic E-state index is -3.60. The van der Waals surface area contributed by atoms with E-state index in [1.807, 2.05) is 6.07 Å². The maximum atomic E-state index is 12.4. The molecule has 1 aliphatic heterocycles. The van der Waals surface area contributed by atoms with Crippen LogP contribution in [0.1, 0.15) is 18.4 Å². The van der Waals surface area contributed by atoms with Crippen LogP contribution in [0.3, 0.4) is 0 Å². The van der Waals surface area contributed by atoms with Gasteiger partial charge in [0.25, 0.3) is 0 Å². The van der Waals surface area contributed by atoms with E-state index in [9.17, 15) is 8.42 Å². The summed E-state index contributed by atoms with van der Waals surface area (Å²) in [4.78, 5) is 2.34. The van der Waals surface area contributed by atoms with Gasteiger partial charge in [0.1, 0.15) is 0 Å². The third kappa shape index (κ3) is 4.52. The normalized spacial score (nSPS) is 19.7. The first-order valence-corrected chi connectivity index (χ1v) is 8.77. The Balaban J connectivity index is 2.03. The third-order valence-electron chi connectivity index (χ3n) is 3.71. The van der Waals surface area contributed by atoms with Crippen molar-refractivity contribution in [2.75, 3.05) is 33.4 Å². The molecule has 0 aromatic heterocycles. The fraction of sp³-hybridized carbons (Fsp3) is 0.533. The Kier molecular flexibility index (Phi) is 5.91. The van der Waals surface area contributed by atoms with Gasteiger partial charge in [-0.25, -0.2) is 13.1 Å². The highest BCUT2D eigenvalue weighted by atomic mass is 32.2. The van der Waals surface area contributed by atoms with Crippen molar-refractivity contribution in [1.82, 2.24) is 9.62 Å². The van der Waals surface area contributed by atoms with Gasteiger partial charge in [0.15, 0.2) is 0 Å². The maximum absolute atomic E-state index is 12.4. The molecule has 1 heterocycles. The monoisotopic (exact) mass is 323 g/mol. The molecule has 120 valence electrons. The smallest absolute Gasteiger partial charge is 0.240 e. The van der Waals surface area contributed by atoms with Gasteiger partial charge in [-0.05, 0) is 37.6 Å². The highest BCUT2D eigenvalue weighted by Gasteiger charge is 2.25. The van der Waals surface area contributed by atoms with Crippen LogP contribution in [-0.4, -0.2) is 52.7 Å². The number of nitrogens with zero attached hydrogens (tertiary/aromatic N) is 2. The summed E-state index contributed by atoms with van der Waals surface area (Å²) in [6.45, 7) is 3.09. The number of ether oxygens (including phenoxy) is 1. The zero-order chi connectivity index (χ0) is 16.0. The number of piperidine rings is 1. The van der Waals surface area contributed by atoms with Crippen molar-refractivity contribution in [2.45, 2.75) is 23.8 Å². The molecule has 0 spiro atoms. The van der Waals surface area contributed by atoms with Crippen LogP contribution in [0.4, 0.5) is 0 Å². The topological polar surface area (TPSA) is 82.4 Å². The van der Waals surface area contributed by atoms with E-state index < -0.39 is 10.0 Å². The SMILES string of the molecule is COCCN1CCC[C@@H](NS(=O)(=O)c2cccc(C#N)c2)C1. The molecule has 1 fully saturated rings. The highest BCUT2D eigenvalue weighted by molar-refractivity contribution is 7.89. The zero-order valence-corrected chi connectivity index (χ0v) is 13.5. The van der Waals surface area contributed by atoms with Crippen LogP contribution >= 0.6 is 0 Å². The van der Waals surface area contributed by atoms with E-state index in [0.29, 0.717) is 18.7 Å². The molecule has 1 aromatic rings. The molecule has 1 N–H and O–H groups in total. The van der Waals surface area contributed by atoms with Crippen LogP contribution in [0.15, 0.2) is 29.2 Å². The van der Waals surface area contributed by atoms with E-state index in [4.69, 9.17) is 10.00 Å². The van der Waals surface area contributed by atoms with Crippen molar-refractivity contribution in [1.29, 1.82) is 5.26 Å². The molecule has 1 aliphatic rings. The van der Waals surface area contributed by atoms with E-state index in [1.165, 1.54) is 12.1 Å². The van der Waals surface area contributed by atoms with Crippen molar-refractivity contribution < 1.29 is 13.2 Å². The Morgan fingerprint density at radius 3 is 3.05 bits per heavy atom. The Labute approximate surface area is 131 Å². The van der Waals surface area contributed by atoms with Crippen molar-refractivity contribution >= 4 is 10.0 Å². The van der Waals surface area contributed by atoms with Gasteiger partial charge in [-0.1, -0.05) is 6.07 Å². The van der Waals surface area contributed by atoms with Crippen LogP contribution in [0.25, 0.3) is 0 Å². The first-order chi connectivity index (χ1) is 10.5. The third-order valence-corrected chi connectivity index (χ3v) is 5.23. The summed E-state index contributed by atoms with van der Waals surface area (Å²) in [5.74, 6) is 0. The van der Waals surface area contributed by atoms with E-state index in [1.54, 1.807) is 19.2 Å². The first kappa shape index (κ1) is 16.9. The van der Waals surface area contributed by atoms with Crippen molar-refractivity contribution in [3.63, 3.8) is 0 Å². The van der Waals surface area contributed by atoms with Crippen molar-refractivity contribution in [3.05, 3.63) is 29.8 Å². The van der Waals surface area contributed by atoms with Crippen molar-refractivity contribution in [2.24, 2.45) is 0 Å². The number of hydrogen-bond acceptors (Lipinski definition) is 5. The van der Waals surface area contributed by atoms with Crippen LogP contribution < -0.4 is 4.72 Å². The molecule has 7 heteroatoms. The number of nitrogens with one attached hydrogen (secondary N) is 1. The number of methoxy groups -OCH3 is 1. The average Bonchev–Trinajstić information content (AvgIpc) is 2.53. The van der Waals surface area contributed by atoms with Gasteiger partial charge < -0.3 is 4.74 Å². The van der Waals surface area contributed by atoms with Gasteiger partial charge in [0.05, 0.1) is 23.1 Å². The summed E-state index contributed by atoms with van der Waals surface area (Å²) in [5, 5.41) is 8.88. The molecular weight excluding hydrogens is 302 g/mol. The summed E-state index contributed by atoms with van der Waals surface area (Å²) in [6.07, 6.45) is 1.77. The molecule has 0 amide bonds. The zero-order valence-electron chi connectivity index (χ0n) is 12.7. The summed E-state index contributed by atoms with van der Waals surface area (Å²) in [5.41, 5.74) is 0.341. The summed E-state index contributed by atoms with van der Waals surface area (Å²) < 4.78 is 32.7. The second-order valence-corrected chi connectivity index (χ2v) is 7.11. The van der Waals surface area contributed by atoms with E-state index >= 15 is 0 Å². The Hall–Kier alpha value is -1.46. The van der Waals surface area contributed by atoms with Gasteiger partial charge in [0, 0.05) is 26.2 Å². The molecule has 1 atom stereocenters. The van der Waals surface area contributed by atoms with E-state index in [2.05, 4.69) is 9.62 Å². The summed E-state index contributed by atoms with van der Waals surface area (Å²) in [7, 11) is -1.94. The fourth-order valence-electron chi connectivity index (χ4n) is 2.60. The molecule has 2 rings (SSSR count). The molecule has 1 saturated heterocycles. The van der Waals surface area contributed by atoms with E-state index in [0.717, 1.165) is 25.9 Å². The summed E-state index contributed by atoms with van der Waals surface area (Å²) in [6, 6.07) is 7.93. The molecule has 0 unspecified atom stereocenters. The molecule has 0 radical (unpaired) electrons. The number of sulfonamides is 1. The Morgan fingerprint density at radius 2 is 2.32 bits per heavy atom. The van der Waals surface area contributed by atoms with Crippen LogP contribution in [0.5, 0.6) is 0 Å². The lowest BCUT2D eigenvalue weighted by Crippen LogP contribution is -2.48. The number of hydrogen-bond donors (Lipinski definition) is 1.